The molecule has 1 aromatic heterocycles. The summed E-state index contributed by atoms with van der Waals surface area (Å²) in [7, 11) is 0. The highest BCUT2D eigenvalue weighted by Gasteiger charge is 2.27. The zero-order valence-corrected chi connectivity index (χ0v) is 21.6. The van der Waals surface area contributed by atoms with Crippen molar-refractivity contribution < 1.29 is 33.0 Å². The topological polar surface area (TPSA) is 90.7 Å². The van der Waals surface area contributed by atoms with Crippen molar-refractivity contribution in [3.8, 4) is 17.2 Å². The molecule has 3 aromatic rings. The van der Waals surface area contributed by atoms with E-state index in [1.807, 2.05) is 24.3 Å². The maximum Gasteiger partial charge on any atom is 0.261 e. The molecule has 10 heteroatoms. The van der Waals surface area contributed by atoms with Crippen molar-refractivity contribution in [2.24, 2.45) is 0 Å². The van der Waals surface area contributed by atoms with E-state index in [-0.39, 0.29) is 44.4 Å². The Morgan fingerprint density at radius 1 is 0.974 bits per heavy atom. The highest BCUT2D eigenvalue weighted by Crippen LogP contribution is 2.33. The van der Waals surface area contributed by atoms with E-state index in [0.29, 0.717) is 47.7 Å². The van der Waals surface area contributed by atoms with Crippen LogP contribution in [0.4, 0.5) is 0 Å². The van der Waals surface area contributed by atoms with Gasteiger partial charge in [0.1, 0.15) is 11.5 Å². The molecule has 2 aliphatic heterocycles. The van der Waals surface area contributed by atoms with E-state index < -0.39 is 0 Å². The maximum atomic E-state index is 13.6. The van der Waals surface area contributed by atoms with Crippen LogP contribution in [-0.4, -0.2) is 60.8 Å². The Morgan fingerprint density at radius 2 is 1.82 bits per heavy atom. The highest BCUT2D eigenvalue weighted by molar-refractivity contribution is 6.30. The van der Waals surface area contributed by atoms with Crippen molar-refractivity contribution in [1.29, 1.82) is 0 Å². The van der Waals surface area contributed by atoms with Gasteiger partial charge in [-0.3, -0.25) is 9.59 Å². The average Bonchev–Trinajstić information content (AvgIpc) is 3.70. The number of carbonyl (C=O) groups is 2. The van der Waals surface area contributed by atoms with Crippen LogP contribution in [0, 0.1) is 0 Å². The summed E-state index contributed by atoms with van der Waals surface area (Å²) in [6, 6.07) is 16.0. The predicted octanol–water partition coefficient (Wildman–Crippen LogP) is 4.28. The Morgan fingerprint density at radius 3 is 2.58 bits per heavy atom. The molecule has 2 aliphatic rings. The fraction of sp³-hybridized carbons (Fsp3) is 0.357. The lowest BCUT2D eigenvalue weighted by Crippen LogP contribution is -2.46. The zero-order valence-electron chi connectivity index (χ0n) is 20.8. The third-order valence-corrected chi connectivity index (χ3v) is 6.64. The van der Waals surface area contributed by atoms with Crippen molar-refractivity contribution in [2.75, 3.05) is 33.1 Å². The Bertz CT molecular complexity index is 1230. The minimum Gasteiger partial charge on any atom is -0.484 e. The number of fused-ring (bicyclic) bond motifs is 1. The third-order valence-electron chi connectivity index (χ3n) is 6.39. The largest absolute Gasteiger partial charge is 0.484 e. The predicted molar refractivity (Wildman–Crippen MR) is 138 cm³/mol. The molecule has 1 fully saturated rings. The van der Waals surface area contributed by atoms with Gasteiger partial charge >= 0.3 is 0 Å². The first kappa shape index (κ1) is 25.9. The molecule has 5 rings (SSSR count). The van der Waals surface area contributed by atoms with E-state index in [1.54, 1.807) is 41.5 Å². The van der Waals surface area contributed by atoms with Gasteiger partial charge in [0.15, 0.2) is 18.1 Å². The summed E-state index contributed by atoms with van der Waals surface area (Å²) in [6.45, 7) is 1.37. The summed E-state index contributed by atoms with van der Waals surface area (Å²) in [4.78, 5) is 30.1. The molecule has 0 radical (unpaired) electrons. The van der Waals surface area contributed by atoms with E-state index in [0.717, 1.165) is 18.4 Å². The van der Waals surface area contributed by atoms with Gasteiger partial charge in [0.25, 0.3) is 5.91 Å². The van der Waals surface area contributed by atoms with Crippen molar-refractivity contribution in [3.63, 3.8) is 0 Å². The van der Waals surface area contributed by atoms with Crippen LogP contribution in [0.5, 0.6) is 17.2 Å². The lowest BCUT2D eigenvalue weighted by molar-refractivity contribution is -0.143. The monoisotopic (exact) mass is 540 g/mol. The van der Waals surface area contributed by atoms with Crippen LogP contribution >= 0.6 is 11.6 Å². The van der Waals surface area contributed by atoms with Crippen LogP contribution in [0.1, 0.15) is 24.2 Å². The fourth-order valence-corrected chi connectivity index (χ4v) is 4.53. The Hall–Kier alpha value is -3.69. The molecule has 0 N–H and O–H groups in total. The van der Waals surface area contributed by atoms with Gasteiger partial charge in [-0.2, -0.15) is 0 Å². The number of ether oxygens (including phenoxy) is 4. The number of rotatable bonds is 11. The summed E-state index contributed by atoms with van der Waals surface area (Å²) in [5.41, 5.74) is 0.872. The lowest BCUT2D eigenvalue weighted by Gasteiger charge is -2.29. The van der Waals surface area contributed by atoms with Crippen LogP contribution in [0.3, 0.4) is 0 Å². The summed E-state index contributed by atoms with van der Waals surface area (Å²) >= 11 is 5.94. The second kappa shape index (κ2) is 12.2. The van der Waals surface area contributed by atoms with Crippen molar-refractivity contribution in [1.82, 2.24) is 9.80 Å². The smallest absolute Gasteiger partial charge is 0.261 e. The molecule has 0 saturated carbocycles. The first-order valence-corrected chi connectivity index (χ1v) is 12.9. The number of hydrogen-bond donors (Lipinski definition) is 0. The van der Waals surface area contributed by atoms with Crippen LogP contribution in [0.2, 0.25) is 5.02 Å². The summed E-state index contributed by atoms with van der Waals surface area (Å²) in [5.74, 6) is 1.95. The van der Waals surface area contributed by atoms with E-state index >= 15 is 0 Å². The molecule has 200 valence electrons. The molecule has 1 saturated heterocycles. The minimum atomic E-state index is -0.301. The van der Waals surface area contributed by atoms with Gasteiger partial charge in [-0.1, -0.05) is 17.7 Å². The van der Waals surface area contributed by atoms with E-state index in [1.165, 1.54) is 4.90 Å². The molecule has 0 aliphatic carbocycles. The van der Waals surface area contributed by atoms with Gasteiger partial charge in [-0.15, -0.1) is 0 Å². The molecule has 3 heterocycles. The normalized spacial score (nSPS) is 15.9. The standard InChI is InChI=1S/C28H29ClN2O7/c29-21-6-8-22(9-7-21)36-18-28(33)31(16-24-4-2-12-35-24)17-27(32)30(15-23-3-1-11-34-23)14-20-5-10-25-26(13-20)38-19-37-25/h1,3,5-11,13,24H,2,4,12,14-19H2. The number of furan rings is 1. The van der Waals surface area contributed by atoms with Crippen molar-refractivity contribution in [3.05, 3.63) is 77.2 Å². The van der Waals surface area contributed by atoms with Gasteiger partial charge < -0.3 is 33.2 Å². The fourth-order valence-electron chi connectivity index (χ4n) is 4.40. The van der Waals surface area contributed by atoms with Crippen LogP contribution in [-0.2, 0) is 27.4 Å². The zero-order chi connectivity index (χ0) is 26.3. The number of halogens is 1. The Labute approximate surface area is 225 Å². The molecule has 9 nitrogen and oxygen atoms in total. The van der Waals surface area contributed by atoms with E-state index in [2.05, 4.69) is 0 Å². The lowest BCUT2D eigenvalue weighted by atomic mass is 10.1. The number of hydrogen-bond acceptors (Lipinski definition) is 7. The van der Waals surface area contributed by atoms with Crippen LogP contribution < -0.4 is 14.2 Å². The number of benzene rings is 2. The van der Waals surface area contributed by atoms with Crippen LogP contribution in [0.25, 0.3) is 0 Å². The molecule has 1 atom stereocenters. The van der Waals surface area contributed by atoms with Crippen molar-refractivity contribution >= 4 is 23.4 Å². The average molecular weight is 541 g/mol. The third kappa shape index (κ3) is 6.79. The molecule has 2 aromatic carbocycles. The highest BCUT2D eigenvalue weighted by atomic mass is 35.5. The molecule has 38 heavy (non-hydrogen) atoms. The summed E-state index contributed by atoms with van der Waals surface area (Å²) < 4.78 is 27.8. The Balaban J connectivity index is 1.29. The first-order chi connectivity index (χ1) is 18.5. The van der Waals surface area contributed by atoms with Gasteiger partial charge in [0.05, 0.1) is 25.5 Å². The number of carbonyl (C=O) groups excluding carboxylic acids is 2. The molecule has 2 amide bonds. The second-order valence-corrected chi connectivity index (χ2v) is 9.61. The number of amides is 2. The SMILES string of the molecule is O=C(CN(CC1CCCO1)C(=O)COc1ccc(Cl)cc1)N(Cc1ccc2c(c1)OCO2)Cc1ccco1. The molecular formula is C28H29ClN2O7. The van der Waals surface area contributed by atoms with E-state index in [4.69, 9.17) is 35.0 Å². The van der Waals surface area contributed by atoms with Crippen LogP contribution in [0.15, 0.2) is 65.3 Å². The second-order valence-electron chi connectivity index (χ2n) is 9.17. The molecule has 1 unspecified atom stereocenters. The van der Waals surface area contributed by atoms with Gasteiger partial charge in [0, 0.05) is 24.7 Å². The summed E-state index contributed by atoms with van der Waals surface area (Å²) in [5, 5.41) is 0.577. The maximum absolute atomic E-state index is 13.6. The van der Waals surface area contributed by atoms with Gasteiger partial charge in [-0.05, 0) is 66.9 Å². The molecule has 0 spiro atoms. The summed E-state index contributed by atoms with van der Waals surface area (Å²) in [6.07, 6.45) is 3.22. The number of nitrogens with zero attached hydrogens (tertiary/aromatic N) is 2. The molecule has 0 bridgehead atoms. The quantitative estimate of drug-likeness (QED) is 0.358. The van der Waals surface area contributed by atoms with Gasteiger partial charge in [-0.25, -0.2) is 0 Å². The molecular weight excluding hydrogens is 512 g/mol. The van der Waals surface area contributed by atoms with Crippen molar-refractivity contribution in [2.45, 2.75) is 32.0 Å². The van der Waals surface area contributed by atoms with E-state index in [9.17, 15) is 9.59 Å². The first-order valence-electron chi connectivity index (χ1n) is 12.5. The van der Waals surface area contributed by atoms with Gasteiger partial charge in [0.2, 0.25) is 12.7 Å². The Kier molecular flexibility index (Phi) is 8.35. The minimum absolute atomic E-state index is 0.116.